The Hall–Kier alpha value is -1.27. The van der Waals surface area contributed by atoms with Gasteiger partial charge >= 0.3 is 14.1 Å². The van der Waals surface area contributed by atoms with Crippen LogP contribution in [0, 0.1) is 0 Å². The fraction of sp³-hybridized carbons (Fsp3) is 0.556. The zero-order valence-corrected chi connectivity index (χ0v) is 15.4. The lowest BCUT2D eigenvalue weighted by atomic mass is 9.73. The van der Waals surface area contributed by atoms with E-state index in [-0.39, 0.29) is 0 Å². The zero-order valence-electron chi connectivity index (χ0n) is 15.4. The maximum absolute atomic E-state index is 11.3. The van der Waals surface area contributed by atoms with Gasteiger partial charge in [-0.05, 0) is 74.8 Å². The maximum atomic E-state index is 11.3. The molecule has 25 heavy (non-hydrogen) atoms. The zero-order chi connectivity index (χ0) is 18.2. The summed E-state index contributed by atoms with van der Waals surface area (Å²) in [5.74, 6) is 0. The van der Waals surface area contributed by atoms with Crippen LogP contribution in [0.3, 0.4) is 0 Å². The van der Waals surface area contributed by atoms with Crippen molar-refractivity contribution in [3.05, 3.63) is 36.0 Å². The quantitative estimate of drug-likeness (QED) is 0.705. The number of hydrogen-bond acceptors (Lipinski definition) is 4. The van der Waals surface area contributed by atoms with Gasteiger partial charge in [0.2, 0.25) is 0 Å². The molecule has 0 aliphatic carbocycles. The highest BCUT2D eigenvalue weighted by Crippen LogP contribution is 2.44. The molecular formula is C18H28B2N2O3. The number of aliphatic hydroxyl groups excluding tert-OH is 1. The van der Waals surface area contributed by atoms with E-state index in [9.17, 15) is 15.2 Å². The summed E-state index contributed by atoms with van der Waals surface area (Å²) >= 11 is 0. The topological polar surface area (TPSA) is 68.9 Å². The van der Waals surface area contributed by atoms with Crippen molar-refractivity contribution >= 4 is 25.0 Å². The van der Waals surface area contributed by atoms with Crippen molar-refractivity contribution in [1.29, 1.82) is 0 Å². The van der Waals surface area contributed by atoms with Crippen molar-refractivity contribution in [2.45, 2.75) is 57.9 Å². The van der Waals surface area contributed by atoms with E-state index in [1.54, 1.807) is 13.6 Å². The molecule has 1 saturated heterocycles. The van der Waals surface area contributed by atoms with E-state index in [2.05, 4.69) is 11.7 Å². The number of fused-ring (bicyclic) bond motifs is 1. The second kappa shape index (κ2) is 7.16. The van der Waals surface area contributed by atoms with E-state index in [4.69, 9.17) is 0 Å². The molecule has 1 aliphatic heterocycles. The summed E-state index contributed by atoms with van der Waals surface area (Å²) in [5.41, 5.74) is 1.41. The predicted octanol–water partition coefficient (Wildman–Crippen LogP) is 2.38. The molecule has 3 rings (SSSR count). The first-order chi connectivity index (χ1) is 11.9. The minimum absolute atomic E-state index is 0.413. The van der Waals surface area contributed by atoms with Crippen LogP contribution in [-0.4, -0.2) is 50.6 Å². The fourth-order valence-electron chi connectivity index (χ4n) is 4.60. The standard InChI is InChI=1S/C18H28B2N2O3/c1-4-9-18(10-5-11-22(18)20(3)25)17(23)15-6-7-16-14(13-15)8-12-21(16)19(2)24/h6-8,12-13,17,23-25H,4-5,9-11H2,1-3H3. The van der Waals surface area contributed by atoms with E-state index in [1.165, 1.54) is 0 Å². The number of hydrogen-bond donors (Lipinski definition) is 3. The third-order valence-corrected chi connectivity index (χ3v) is 5.69. The molecule has 5 nitrogen and oxygen atoms in total. The second-order valence-corrected chi connectivity index (χ2v) is 7.36. The summed E-state index contributed by atoms with van der Waals surface area (Å²) in [4.78, 5) is 2.06. The Morgan fingerprint density at radius 1 is 1.20 bits per heavy atom. The smallest absolute Gasteiger partial charge is 0.413 e. The van der Waals surface area contributed by atoms with E-state index in [1.807, 2.05) is 34.9 Å². The van der Waals surface area contributed by atoms with Gasteiger partial charge in [0.1, 0.15) is 0 Å². The highest BCUT2D eigenvalue weighted by atomic mass is 16.3. The molecule has 7 heteroatoms. The highest BCUT2D eigenvalue weighted by Gasteiger charge is 2.48. The molecular weight excluding hydrogens is 314 g/mol. The van der Waals surface area contributed by atoms with Gasteiger partial charge in [0.15, 0.2) is 0 Å². The number of aliphatic hydroxyl groups is 1. The lowest BCUT2D eigenvalue weighted by molar-refractivity contribution is 0.0145. The summed E-state index contributed by atoms with van der Waals surface area (Å²) in [7, 11) is -1.15. The third-order valence-electron chi connectivity index (χ3n) is 5.69. The summed E-state index contributed by atoms with van der Waals surface area (Å²) in [6.07, 6.45) is 4.91. The summed E-state index contributed by atoms with van der Waals surface area (Å²) in [6, 6.07) is 7.88. The van der Waals surface area contributed by atoms with Crippen LogP contribution in [0.1, 0.15) is 44.3 Å². The molecule has 1 aromatic heterocycles. The van der Waals surface area contributed by atoms with Gasteiger partial charge in [0, 0.05) is 11.1 Å². The summed E-state index contributed by atoms with van der Waals surface area (Å²) < 4.78 is 1.81. The molecule has 2 atom stereocenters. The van der Waals surface area contributed by atoms with Crippen LogP contribution in [0.15, 0.2) is 30.5 Å². The van der Waals surface area contributed by atoms with Gasteiger partial charge < -0.3 is 24.4 Å². The Balaban J connectivity index is 2.00. The monoisotopic (exact) mass is 342 g/mol. The number of rotatable bonds is 6. The molecule has 3 N–H and O–H groups in total. The molecule has 0 radical (unpaired) electrons. The lowest BCUT2D eigenvalue weighted by Gasteiger charge is -2.43. The Labute approximate surface area is 150 Å². The molecule has 0 amide bonds. The van der Waals surface area contributed by atoms with Crippen LogP contribution >= 0.6 is 0 Å². The van der Waals surface area contributed by atoms with Crippen molar-refractivity contribution < 1.29 is 15.2 Å². The Bertz CT molecular complexity index is 734. The maximum Gasteiger partial charge on any atom is 0.413 e. The van der Waals surface area contributed by atoms with Crippen molar-refractivity contribution in [1.82, 2.24) is 9.29 Å². The van der Waals surface area contributed by atoms with Gasteiger partial charge in [0.25, 0.3) is 0 Å². The average molecular weight is 342 g/mol. The molecule has 0 bridgehead atoms. The fourth-order valence-corrected chi connectivity index (χ4v) is 4.60. The number of benzene rings is 1. The molecule has 134 valence electrons. The van der Waals surface area contributed by atoms with Crippen molar-refractivity contribution in [3.8, 4) is 0 Å². The molecule has 1 fully saturated rings. The summed E-state index contributed by atoms with van der Waals surface area (Å²) in [6.45, 7) is 6.46. The molecule has 0 spiro atoms. The van der Waals surface area contributed by atoms with Crippen LogP contribution in [0.4, 0.5) is 0 Å². The second-order valence-electron chi connectivity index (χ2n) is 7.36. The first-order valence-electron chi connectivity index (χ1n) is 9.32. The Morgan fingerprint density at radius 2 is 1.96 bits per heavy atom. The van der Waals surface area contributed by atoms with Gasteiger partial charge in [-0.3, -0.25) is 0 Å². The van der Waals surface area contributed by atoms with E-state index in [0.29, 0.717) is 0 Å². The van der Waals surface area contributed by atoms with Gasteiger partial charge in [-0.15, -0.1) is 0 Å². The third kappa shape index (κ3) is 3.14. The van der Waals surface area contributed by atoms with Crippen LogP contribution in [0.5, 0.6) is 0 Å². The molecule has 2 unspecified atom stereocenters. The van der Waals surface area contributed by atoms with Gasteiger partial charge in [-0.25, -0.2) is 0 Å². The highest BCUT2D eigenvalue weighted by molar-refractivity contribution is 6.48. The lowest BCUT2D eigenvalue weighted by Crippen LogP contribution is -2.54. The molecule has 2 heterocycles. The first-order valence-corrected chi connectivity index (χ1v) is 9.32. The average Bonchev–Trinajstić information content (AvgIpc) is 3.18. The van der Waals surface area contributed by atoms with Gasteiger partial charge in [-0.2, -0.15) is 0 Å². The van der Waals surface area contributed by atoms with Gasteiger partial charge in [-0.1, -0.05) is 19.4 Å². The molecule has 2 aromatic rings. The van der Waals surface area contributed by atoms with E-state index >= 15 is 0 Å². The van der Waals surface area contributed by atoms with Crippen LogP contribution in [0.2, 0.25) is 13.6 Å². The largest absolute Gasteiger partial charge is 0.437 e. The summed E-state index contributed by atoms with van der Waals surface area (Å²) in [5, 5.41) is 32.4. The molecule has 1 aliphatic rings. The van der Waals surface area contributed by atoms with Crippen LogP contribution in [-0.2, 0) is 0 Å². The minimum Gasteiger partial charge on any atom is -0.437 e. The molecule has 1 aromatic carbocycles. The first kappa shape index (κ1) is 18.5. The van der Waals surface area contributed by atoms with Crippen molar-refractivity contribution in [3.63, 3.8) is 0 Å². The Kier molecular flexibility index (Phi) is 5.30. The molecule has 0 saturated carbocycles. The van der Waals surface area contributed by atoms with Crippen molar-refractivity contribution in [2.24, 2.45) is 0 Å². The predicted molar refractivity (Wildman–Crippen MR) is 104 cm³/mol. The number of nitrogens with zero attached hydrogens (tertiary/aromatic N) is 2. The van der Waals surface area contributed by atoms with E-state index < -0.39 is 25.7 Å². The van der Waals surface area contributed by atoms with Crippen molar-refractivity contribution in [2.75, 3.05) is 6.54 Å². The van der Waals surface area contributed by atoms with Crippen LogP contribution in [0.25, 0.3) is 10.9 Å². The number of aromatic nitrogens is 1. The van der Waals surface area contributed by atoms with Gasteiger partial charge in [0.05, 0.1) is 6.10 Å². The minimum atomic E-state index is -0.649. The van der Waals surface area contributed by atoms with E-state index in [0.717, 1.165) is 48.7 Å². The van der Waals surface area contributed by atoms with Crippen LogP contribution < -0.4 is 0 Å². The SMILES string of the molecule is CCCC1(C(O)c2ccc3c(ccn3B(C)O)c2)CCCN1B(C)O. The normalized spacial score (nSPS) is 22.5. The Morgan fingerprint density at radius 3 is 2.60 bits per heavy atom.